The van der Waals surface area contributed by atoms with Crippen LogP contribution in [0.2, 0.25) is 0 Å². The summed E-state index contributed by atoms with van der Waals surface area (Å²) in [5.41, 5.74) is -0.808. The number of pyridine rings is 1. The number of rotatable bonds is 4. The molecule has 7 nitrogen and oxygen atoms in total. The van der Waals surface area contributed by atoms with E-state index in [1.54, 1.807) is 12.1 Å². The Labute approximate surface area is 195 Å². The van der Waals surface area contributed by atoms with Gasteiger partial charge in [0.1, 0.15) is 5.76 Å². The van der Waals surface area contributed by atoms with Crippen molar-refractivity contribution in [3.8, 4) is 0 Å². The smallest absolute Gasteiger partial charge is 0.417 e. The molecule has 0 bridgehead atoms. The summed E-state index contributed by atoms with van der Waals surface area (Å²) in [5.74, 6) is 0.584. The number of ether oxygens (including phenoxy) is 1. The minimum Gasteiger partial charge on any atom is -0.456 e. The molecule has 1 aliphatic carbocycles. The van der Waals surface area contributed by atoms with Gasteiger partial charge in [0.25, 0.3) is 5.91 Å². The lowest BCUT2D eigenvalue weighted by Crippen LogP contribution is -2.49. The summed E-state index contributed by atoms with van der Waals surface area (Å²) >= 11 is 0. The predicted molar refractivity (Wildman–Crippen MR) is 118 cm³/mol. The number of furan rings is 1. The molecule has 34 heavy (non-hydrogen) atoms. The van der Waals surface area contributed by atoms with Gasteiger partial charge in [-0.1, -0.05) is 0 Å². The molecule has 0 unspecified atom stereocenters. The first-order chi connectivity index (χ1) is 16.2. The zero-order chi connectivity index (χ0) is 23.9. The van der Waals surface area contributed by atoms with Gasteiger partial charge in [-0.05, 0) is 62.1 Å². The van der Waals surface area contributed by atoms with Gasteiger partial charge >= 0.3 is 6.18 Å². The lowest BCUT2D eigenvalue weighted by atomic mass is 9.61. The normalized spacial score (nSPS) is 21.5. The zero-order valence-corrected chi connectivity index (χ0v) is 18.7. The summed E-state index contributed by atoms with van der Waals surface area (Å²) in [6.45, 7) is 2.45. The molecule has 2 N–H and O–H groups in total. The molecule has 2 aromatic rings. The van der Waals surface area contributed by atoms with Crippen LogP contribution in [0.25, 0.3) is 0 Å². The second kappa shape index (κ2) is 8.88. The van der Waals surface area contributed by atoms with Crippen molar-refractivity contribution in [2.75, 3.05) is 36.5 Å². The highest BCUT2D eigenvalue weighted by molar-refractivity contribution is 6.04. The maximum Gasteiger partial charge on any atom is 0.417 e. The van der Waals surface area contributed by atoms with Crippen LogP contribution in [0.3, 0.4) is 0 Å². The molecular weight excluding hydrogens is 451 g/mol. The summed E-state index contributed by atoms with van der Waals surface area (Å²) in [4.78, 5) is 18.9. The number of carbonyl (C=O) groups is 1. The fourth-order valence-corrected chi connectivity index (χ4v) is 5.36. The molecule has 1 amide bonds. The average molecular weight is 479 g/mol. The average Bonchev–Trinajstić information content (AvgIpc) is 3.29. The maximum absolute atomic E-state index is 13.4. The van der Waals surface area contributed by atoms with Crippen molar-refractivity contribution in [3.05, 3.63) is 41.5 Å². The molecule has 0 atom stereocenters. The number of aliphatic hydroxyl groups excluding tert-OH is 1. The number of hydrogen-bond acceptors (Lipinski definition) is 6. The Morgan fingerprint density at radius 3 is 2.53 bits per heavy atom. The van der Waals surface area contributed by atoms with E-state index in [9.17, 15) is 23.1 Å². The van der Waals surface area contributed by atoms with Gasteiger partial charge in [0.05, 0.1) is 17.4 Å². The van der Waals surface area contributed by atoms with Gasteiger partial charge in [-0.25, -0.2) is 4.98 Å². The first-order valence-electron chi connectivity index (χ1n) is 11.7. The third kappa shape index (κ3) is 4.65. The van der Waals surface area contributed by atoms with E-state index in [0.29, 0.717) is 37.9 Å². The van der Waals surface area contributed by atoms with Gasteiger partial charge in [-0.2, -0.15) is 13.2 Å². The maximum atomic E-state index is 13.4. The van der Waals surface area contributed by atoms with E-state index in [1.165, 1.54) is 0 Å². The fourth-order valence-electron chi connectivity index (χ4n) is 5.36. The van der Waals surface area contributed by atoms with E-state index >= 15 is 0 Å². The molecule has 10 heteroatoms. The van der Waals surface area contributed by atoms with Gasteiger partial charge in [-0.3, -0.25) is 4.79 Å². The number of aliphatic hydroxyl groups is 1. The highest BCUT2D eigenvalue weighted by atomic mass is 19.4. The summed E-state index contributed by atoms with van der Waals surface area (Å²) in [5, 5.41) is 12.3. The second-order valence-corrected chi connectivity index (χ2v) is 9.68. The second-order valence-electron chi connectivity index (χ2n) is 9.68. The Balaban J connectivity index is 1.35. The fraction of sp³-hybridized carbons (Fsp3) is 0.583. The summed E-state index contributed by atoms with van der Waals surface area (Å²) in [6, 6.07) is 4.22. The van der Waals surface area contributed by atoms with E-state index in [4.69, 9.17) is 9.15 Å². The van der Waals surface area contributed by atoms with Crippen LogP contribution < -0.4 is 10.2 Å². The molecule has 4 heterocycles. The van der Waals surface area contributed by atoms with Crippen LogP contribution in [0.1, 0.15) is 66.3 Å². The van der Waals surface area contributed by atoms with Crippen molar-refractivity contribution in [3.63, 3.8) is 0 Å². The molecule has 3 aliphatic rings. The monoisotopic (exact) mass is 479 g/mol. The van der Waals surface area contributed by atoms with E-state index in [1.807, 2.05) is 4.90 Å². The van der Waals surface area contributed by atoms with Gasteiger partial charge in [0, 0.05) is 38.4 Å². The van der Waals surface area contributed by atoms with E-state index in [-0.39, 0.29) is 28.9 Å². The molecule has 0 aromatic carbocycles. The molecule has 184 valence electrons. The van der Waals surface area contributed by atoms with Crippen molar-refractivity contribution in [1.29, 1.82) is 0 Å². The number of anilines is 2. The summed E-state index contributed by atoms with van der Waals surface area (Å²) in [7, 11) is 0. The summed E-state index contributed by atoms with van der Waals surface area (Å²) in [6.07, 6.45) is 0.730. The van der Waals surface area contributed by atoms with Crippen molar-refractivity contribution in [2.45, 2.75) is 56.7 Å². The lowest BCUT2D eigenvalue weighted by molar-refractivity contribution is -0.137. The Kier molecular flexibility index (Phi) is 6.05. The Morgan fingerprint density at radius 1 is 1.18 bits per heavy atom. The number of halogens is 3. The molecule has 5 rings (SSSR count). The Bertz CT molecular complexity index is 1030. The van der Waals surface area contributed by atoms with Crippen molar-refractivity contribution in [2.24, 2.45) is 5.41 Å². The predicted octanol–water partition coefficient (Wildman–Crippen LogP) is 4.58. The van der Waals surface area contributed by atoms with Gasteiger partial charge in [0.2, 0.25) is 0 Å². The molecule has 1 spiro atoms. The van der Waals surface area contributed by atoms with E-state index in [2.05, 4.69) is 10.3 Å². The topological polar surface area (TPSA) is 87.8 Å². The Morgan fingerprint density at radius 2 is 1.88 bits per heavy atom. The highest BCUT2D eigenvalue weighted by Crippen LogP contribution is 2.50. The first kappa shape index (κ1) is 23.2. The molecule has 2 aromatic heterocycles. The third-order valence-electron chi connectivity index (χ3n) is 7.38. The van der Waals surface area contributed by atoms with E-state index in [0.717, 1.165) is 50.8 Å². The third-order valence-corrected chi connectivity index (χ3v) is 7.38. The first-order valence-corrected chi connectivity index (χ1v) is 11.7. The quantitative estimate of drug-likeness (QED) is 0.668. The Hall–Kier alpha value is -2.59. The molecular formula is C24H28F3N3O4. The molecule has 2 aliphatic heterocycles. The number of aromatic nitrogens is 1. The SMILES string of the molecule is O=C(Nc1cc(C(F)(F)F)cnc1N1CCC2(CC1)CC(O)C2)c1ccc(C2CCOCC2)o1. The van der Waals surface area contributed by atoms with Crippen molar-refractivity contribution < 1.29 is 32.2 Å². The standard InChI is InChI=1S/C24H28F3N3O4/c25-24(26,27)16-11-18(21(28-14-16)30-7-5-23(6-8-30)12-17(31)13-23)29-22(32)20-2-1-19(34-20)15-3-9-33-10-4-15/h1-2,11,14-15,17,31H,3-10,12-13H2,(H,29,32). The molecule has 2 saturated heterocycles. The van der Waals surface area contributed by atoms with Crippen molar-refractivity contribution in [1.82, 2.24) is 4.98 Å². The number of alkyl halides is 3. The number of nitrogens with zero attached hydrogens (tertiary/aromatic N) is 2. The molecule has 1 saturated carbocycles. The summed E-state index contributed by atoms with van der Waals surface area (Å²) < 4.78 is 51.3. The number of nitrogens with one attached hydrogen (secondary N) is 1. The van der Waals surface area contributed by atoms with Crippen LogP contribution in [0, 0.1) is 5.41 Å². The van der Waals surface area contributed by atoms with Gasteiger partial charge in [-0.15, -0.1) is 0 Å². The minimum atomic E-state index is -4.58. The van der Waals surface area contributed by atoms with Crippen LogP contribution in [-0.2, 0) is 10.9 Å². The van der Waals surface area contributed by atoms with Crippen LogP contribution in [0.5, 0.6) is 0 Å². The lowest BCUT2D eigenvalue weighted by Gasteiger charge is -2.50. The van der Waals surface area contributed by atoms with Crippen LogP contribution in [0.4, 0.5) is 24.7 Å². The van der Waals surface area contributed by atoms with Gasteiger partial charge in [0.15, 0.2) is 11.6 Å². The van der Waals surface area contributed by atoms with Crippen LogP contribution >= 0.6 is 0 Å². The largest absolute Gasteiger partial charge is 0.456 e. The number of hydrogen-bond donors (Lipinski definition) is 2. The molecule has 3 fully saturated rings. The van der Waals surface area contributed by atoms with Gasteiger partial charge < -0.3 is 24.5 Å². The van der Waals surface area contributed by atoms with Crippen molar-refractivity contribution >= 4 is 17.4 Å². The number of amides is 1. The van der Waals surface area contributed by atoms with Crippen LogP contribution in [0.15, 0.2) is 28.8 Å². The number of piperidine rings is 1. The highest BCUT2D eigenvalue weighted by Gasteiger charge is 2.45. The van der Waals surface area contributed by atoms with E-state index < -0.39 is 17.6 Å². The zero-order valence-electron chi connectivity index (χ0n) is 18.7. The number of carbonyl (C=O) groups excluding carboxylic acids is 1. The van der Waals surface area contributed by atoms with Crippen LogP contribution in [-0.4, -0.2) is 48.4 Å². The molecule has 0 radical (unpaired) electrons. The minimum absolute atomic E-state index is 0.00781.